The molecule has 0 bridgehead atoms. The first-order chi connectivity index (χ1) is 9.49. The summed E-state index contributed by atoms with van der Waals surface area (Å²) in [5.74, 6) is 1.80. The van der Waals surface area contributed by atoms with Gasteiger partial charge in [-0.25, -0.2) is 9.50 Å². The monoisotopic (exact) mass is 272 g/mol. The van der Waals surface area contributed by atoms with E-state index in [-0.39, 0.29) is 5.41 Å². The Kier molecular flexibility index (Phi) is 3.19. The first-order valence-electron chi connectivity index (χ1n) is 7.60. The van der Waals surface area contributed by atoms with Crippen LogP contribution in [0.5, 0.6) is 0 Å². The zero-order valence-electron chi connectivity index (χ0n) is 12.8. The molecule has 1 saturated carbocycles. The fourth-order valence-electron chi connectivity index (χ4n) is 2.69. The Morgan fingerprint density at radius 2 is 2.20 bits per heavy atom. The van der Waals surface area contributed by atoms with Gasteiger partial charge in [0.15, 0.2) is 5.82 Å². The van der Waals surface area contributed by atoms with Crippen LogP contribution in [-0.2, 0) is 5.41 Å². The van der Waals surface area contributed by atoms with Crippen LogP contribution in [0.1, 0.15) is 52.7 Å². The SMILES string of the molecule is CCCC1CC1Nc1nccn2nc(C(C)(C)C)cc12. The summed E-state index contributed by atoms with van der Waals surface area (Å²) in [7, 11) is 0. The minimum atomic E-state index is 0.0631. The molecule has 0 amide bonds. The van der Waals surface area contributed by atoms with E-state index in [0.717, 1.165) is 22.9 Å². The van der Waals surface area contributed by atoms with E-state index >= 15 is 0 Å². The van der Waals surface area contributed by atoms with Crippen LogP contribution in [0.2, 0.25) is 0 Å². The summed E-state index contributed by atoms with van der Waals surface area (Å²) in [5, 5.41) is 8.25. The molecule has 108 valence electrons. The van der Waals surface area contributed by atoms with E-state index in [1.165, 1.54) is 19.3 Å². The Hall–Kier alpha value is -1.58. The van der Waals surface area contributed by atoms with Crippen molar-refractivity contribution in [1.82, 2.24) is 14.6 Å². The molecule has 2 aromatic heterocycles. The van der Waals surface area contributed by atoms with Gasteiger partial charge in [0.2, 0.25) is 0 Å². The van der Waals surface area contributed by atoms with Gasteiger partial charge in [0.1, 0.15) is 5.52 Å². The molecule has 0 aromatic carbocycles. The van der Waals surface area contributed by atoms with Gasteiger partial charge in [-0.1, -0.05) is 34.1 Å². The van der Waals surface area contributed by atoms with Crippen LogP contribution < -0.4 is 5.32 Å². The predicted octanol–water partition coefficient (Wildman–Crippen LogP) is 3.63. The molecule has 1 aliphatic rings. The predicted molar refractivity (Wildman–Crippen MR) is 82.1 cm³/mol. The average Bonchev–Trinajstić information content (AvgIpc) is 2.93. The van der Waals surface area contributed by atoms with Gasteiger partial charge >= 0.3 is 0 Å². The maximum atomic E-state index is 4.66. The minimum absolute atomic E-state index is 0.0631. The van der Waals surface area contributed by atoms with Crippen LogP contribution in [0.15, 0.2) is 18.5 Å². The van der Waals surface area contributed by atoms with Crippen molar-refractivity contribution in [2.45, 2.75) is 58.4 Å². The highest BCUT2D eigenvalue weighted by atomic mass is 15.2. The van der Waals surface area contributed by atoms with Crippen LogP contribution in [-0.4, -0.2) is 20.6 Å². The topological polar surface area (TPSA) is 42.2 Å². The van der Waals surface area contributed by atoms with Gasteiger partial charge in [0, 0.05) is 23.9 Å². The van der Waals surface area contributed by atoms with Gasteiger partial charge < -0.3 is 5.32 Å². The smallest absolute Gasteiger partial charge is 0.152 e. The largest absolute Gasteiger partial charge is 0.365 e. The lowest BCUT2D eigenvalue weighted by Gasteiger charge is -2.13. The molecule has 0 saturated heterocycles. The first kappa shape index (κ1) is 13.4. The standard InChI is InChI=1S/C16H24N4/c1-5-6-11-9-12(11)18-15-13-10-14(16(2,3)4)19-20(13)8-7-17-15/h7-8,10-12H,5-6,9H2,1-4H3,(H,17,18). The zero-order chi connectivity index (χ0) is 14.3. The first-order valence-corrected chi connectivity index (χ1v) is 7.60. The second-order valence-corrected chi connectivity index (χ2v) is 6.92. The van der Waals surface area contributed by atoms with E-state index in [1.807, 2.05) is 16.9 Å². The summed E-state index contributed by atoms with van der Waals surface area (Å²) < 4.78 is 1.94. The molecule has 2 heterocycles. The Morgan fingerprint density at radius 1 is 1.40 bits per heavy atom. The van der Waals surface area contributed by atoms with Gasteiger partial charge in [-0.3, -0.25) is 0 Å². The summed E-state index contributed by atoms with van der Waals surface area (Å²) in [6, 6.07) is 2.76. The molecule has 2 aromatic rings. The number of hydrogen-bond acceptors (Lipinski definition) is 3. The number of rotatable bonds is 4. The molecule has 0 spiro atoms. The van der Waals surface area contributed by atoms with Crippen molar-refractivity contribution in [1.29, 1.82) is 0 Å². The van der Waals surface area contributed by atoms with Crippen LogP contribution >= 0.6 is 0 Å². The summed E-state index contributed by atoms with van der Waals surface area (Å²) >= 11 is 0. The maximum absolute atomic E-state index is 4.66. The van der Waals surface area contributed by atoms with Gasteiger partial charge in [0.05, 0.1) is 5.69 Å². The number of nitrogens with zero attached hydrogens (tertiary/aromatic N) is 3. The molecule has 1 aliphatic carbocycles. The minimum Gasteiger partial charge on any atom is -0.365 e. The van der Waals surface area contributed by atoms with E-state index in [1.54, 1.807) is 0 Å². The average molecular weight is 272 g/mol. The number of nitrogens with one attached hydrogen (secondary N) is 1. The molecule has 1 fully saturated rings. The van der Waals surface area contributed by atoms with E-state index in [9.17, 15) is 0 Å². The van der Waals surface area contributed by atoms with Gasteiger partial charge in [-0.05, 0) is 24.8 Å². The highest BCUT2D eigenvalue weighted by Gasteiger charge is 2.36. The molecule has 2 unspecified atom stereocenters. The molecule has 4 nitrogen and oxygen atoms in total. The van der Waals surface area contributed by atoms with Crippen molar-refractivity contribution in [2.75, 3.05) is 5.32 Å². The number of aromatic nitrogens is 3. The molecule has 1 N–H and O–H groups in total. The second kappa shape index (κ2) is 4.76. The van der Waals surface area contributed by atoms with Crippen molar-refractivity contribution in [3.63, 3.8) is 0 Å². The van der Waals surface area contributed by atoms with E-state index in [4.69, 9.17) is 0 Å². The zero-order valence-corrected chi connectivity index (χ0v) is 12.8. The Bertz CT molecular complexity index is 608. The molecular weight excluding hydrogens is 248 g/mol. The van der Waals surface area contributed by atoms with Gasteiger partial charge in [0.25, 0.3) is 0 Å². The molecule has 4 heteroatoms. The lowest BCUT2D eigenvalue weighted by molar-refractivity contribution is 0.562. The summed E-state index contributed by atoms with van der Waals surface area (Å²) in [4.78, 5) is 4.51. The number of hydrogen-bond donors (Lipinski definition) is 1. The van der Waals surface area contributed by atoms with Crippen LogP contribution in [0.25, 0.3) is 5.52 Å². The van der Waals surface area contributed by atoms with Crippen LogP contribution in [0.3, 0.4) is 0 Å². The lowest BCUT2D eigenvalue weighted by Crippen LogP contribution is -2.11. The molecule has 0 radical (unpaired) electrons. The van der Waals surface area contributed by atoms with Gasteiger partial charge in [-0.15, -0.1) is 0 Å². The third-order valence-electron chi connectivity index (χ3n) is 4.06. The Labute approximate surface area is 120 Å². The number of fused-ring (bicyclic) bond motifs is 1. The quantitative estimate of drug-likeness (QED) is 0.924. The fraction of sp³-hybridized carbons (Fsp3) is 0.625. The van der Waals surface area contributed by atoms with E-state index in [2.05, 4.69) is 49.2 Å². The van der Waals surface area contributed by atoms with Crippen LogP contribution in [0, 0.1) is 5.92 Å². The molecule has 0 aliphatic heterocycles. The van der Waals surface area contributed by atoms with Crippen LogP contribution in [0.4, 0.5) is 5.82 Å². The Morgan fingerprint density at radius 3 is 2.90 bits per heavy atom. The summed E-state index contributed by atoms with van der Waals surface area (Å²) in [5.41, 5.74) is 2.25. The maximum Gasteiger partial charge on any atom is 0.152 e. The second-order valence-electron chi connectivity index (χ2n) is 6.92. The van der Waals surface area contributed by atoms with Crippen molar-refractivity contribution >= 4 is 11.3 Å². The van der Waals surface area contributed by atoms with E-state index in [0.29, 0.717) is 6.04 Å². The highest BCUT2D eigenvalue weighted by Crippen LogP contribution is 2.37. The third-order valence-corrected chi connectivity index (χ3v) is 4.06. The summed E-state index contributed by atoms with van der Waals surface area (Å²) in [6.07, 6.45) is 7.60. The van der Waals surface area contributed by atoms with Crippen molar-refractivity contribution in [3.8, 4) is 0 Å². The molecule has 3 rings (SSSR count). The van der Waals surface area contributed by atoms with Crippen molar-refractivity contribution in [2.24, 2.45) is 5.92 Å². The summed E-state index contributed by atoms with van der Waals surface area (Å²) in [6.45, 7) is 8.81. The molecular formula is C16H24N4. The van der Waals surface area contributed by atoms with Crippen molar-refractivity contribution in [3.05, 3.63) is 24.2 Å². The van der Waals surface area contributed by atoms with E-state index < -0.39 is 0 Å². The van der Waals surface area contributed by atoms with Crippen molar-refractivity contribution < 1.29 is 0 Å². The number of anilines is 1. The lowest BCUT2D eigenvalue weighted by atomic mass is 9.92. The van der Waals surface area contributed by atoms with Gasteiger partial charge in [-0.2, -0.15) is 5.10 Å². The fourth-order valence-corrected chi connectivity index (χ4v) is 2.69. The highest BCUT2D eigenvalue weighted by molar-refractivity contribution is 5.68. The molecule has 20 heavy (non-hydrogen) atoms. The molecule has 2 atom stereocenters. The Balaban J connectivity index is 1.86. The normalized spacial score (nSPS) is 22.2. The third kappa shape index (κ3) is 2.51.